The zero-order valence-electron chi connectivity index (χ0n) is 8.61. The summed E-state index contributed by atoms with van der Waals surface area (Å²) in [6.45, 7) is 4.02. The van der Waals surface area contributed by atoms with Crippen LogP contribution in [0.4, 0.5) is 0 Å². The third-order valence-electron chi connectivity index (χ3n) is 2.31. The predicted octanol–water partition coefficient (Wildman–Crippen LogP) is 2.38. The molecule has 4 heteroatoms. The summed E-state index contributed by atoms with van der Waals surface area (Å²) in [4.78, 5) is 18.4. The summed E-state index contributed by atoms with van der Waals surface area (Å²) in [5, 5.41) is 8.98. The SMILES string of the molecule is CC(C)c1nc2c(C(=O)O)cccc2[nH]1. The number of benzene rings is 1. The zero-order chi connectivity index (χ0) is 11.0. The molecule has 0 fully saturated rings. The van der Waals surface area contributed by atoms with Crippen LogP contribution in [0.15, 0.2) is 18.2 Å². The van der Waals surface area contributed by atoms with E-state index in [9.17, 15) is 4.79 Å². The van der Waals surface area contributed by atoms with Crippen molar-refractivity contribution in [3.05, 3.63) is 29.6 Å². The van der Waals surface area contributed by atoms with Crippen molar-refractivity contribution in [2.24, 2.45) is 0 Å². The largest absolute Gasteiger partial charge is 0.478 e. The molecule has 0 bridgehead atoms. The molecule has 0 radical (unpaired) electrons. The number of fused-ring (bicyclic) bond motifs is 1. The molecular formula is C11H12N2O2. The second kappa shape index (κ2) is 3.38. The van der Waals surface area contributed by atoms with E-state index in [1.807, 2.05) is 19.9 Å². The zero-order valence-corrected chi connectivity index (χ0v) is 8.61. The number of nitrogens with one attached hydrogen (secondary N) is 1. The number of hydrogen-bond acceptors (Lipinski definition) is 2. The maximum absolute atomic E-state index is 10.9. The van der Waals surface area contributed by atoms with E-state index in [2.05, 4.69) is 9.97 Å². The van der Waals surface area contributed by atoms with Gasteiger partial charge in [-0.25, -0.2) is 9.78 Å². The monoisotopic (exact) mass is 204 g/mol. The molecule has 1 aromatic carbocycles. The summed E-state index contributed by atoms with van der Waals surface area (Å²) in [5.41, 5.74) is 1.56. The first-order chi connectivity index (χ1) is 7.09. The number of carboxylic acids is 1. The normalized spacial score (nSPS) is 11.1. The fraction of sp³-hybridized carbons (Fsp3) is 0.273. The fourth-order valence-electron chi connectivity index (χ4n) is 1.50. The highest BCUT2D eigenvalue weighted by Gasteiger charge is 2.13. The van der Waals surface area contributed by atoms with Gasteiger partial charge in [-0.15, -0.1) is 0 Å². The number of carboxylic acid groups (broad SMARTS) is 1. The highest BCUT2D eigenvalue weighted by atomic mass is 16.4. The molecule has 0 saturated carbocycles. The molecule has 0 aliphatic carbocycles. The van der Waals surface area contributed by atoms with Crippen molar-refractivity contribution >= 4 is 17.0 Å². The number of aromatic amines is 1. The standard InChI is InChI=1S/C11H12N2O2/c1-6(2)10-12-8-5-3-4-7(11(14)15)9(8)13-10/h3-6H,1-2H3,(H,12,13)(H,14,15). The number of nitrogens with zero attached hydrogens (tertiary/aromatic N) is 1. The van der Waals surface area contributed by atoms with E-state index in [4.69, 9.17) is 5.11 Å². The van der Waals surface area contributed by atoms with E-state index in [1.165, 1.54) is 0 Å². The molecule has 2 N–H and O–H groups in total. The Kier molecular flexibility index (Phi) is 2.19. The van der Waals surface area contributed by atoms with Gasteiger partial charge in [-0.3, -0.25) is 0 Å². The lowest BCUT2D eigenvalue weighted by molar-refractivity contribution is 0.0699. The van der Waals surface area contributed by atoms with Crippen molar-refractivity contribution < 1.29 is 9.90 Å². The Labute approximate surface area is 87.0 Å². The minimum absolute atomic E-state index is 0.246. The average Bonchev–Trinajstić information content (AvgIpc) is 2.60. The van der Waals surface area contributed by atoms with Crippen LogP contribution >= 0.6 is 0 Å². The third kappa shape index (κ3) is 1.58. The second-order valence-electron chi connectivity index (χ2n) is 3.78. The molecule has 0 aliphatic heterocycles. The first-order valence-corrected chi connectivity index (χ1v) is 4.81. The van der Waals surface area contributed by atoms with Gasteiger partial charge in [-0.2, -0.15) is 0 Å². The summed E-state index contributed by atoms with van der Waals surface area (Å²) in [6, 6.07) is 5.12. The van der Waals surface area contributed by atoms with Crippen molar-refractivity contribution in [3.8, 4) is 0 Å². The van der Waals surface area contributed by atoms with Crippen LogP contribution in [-0.2, 0) is 0 Å². The number of rotatable bonds is 2. The van der Waals surface area contributed by atoms with Crippen LogP contribution in [0.1, 0.15) is 35.9 Å². The molecule has 0 amide bonds. The minimum atomic E-state index is -0.942. The number of para-hydroxylation sites is 1. The minimum Gasteiger partial charge on any atom is -0.478 e. The Morgan fingerprint density at radius 3 is 2.80 bits per heavy atom. The lowest BCUT2D eigenvalue weighted by Gasteiger charge is -1.95. The Hall–Kier alpha value is -1.84. The smallest absolute Gasteiger partial charge is 0.337 e. The third-order valence-corrected chi connectivity index (χ3v) is 2.31. The Bertz CT molecular complexity index is 514. The number of H-pyrrole nitrogens is 1. The molecule has 0 atom stereocenters. The molecular weight excluding hydrogens is 192 g/mol. The van der Waals surface area contributed by atoms with Gasteiger partial charge in [0.15, 0.2) is 0 Å². The number of carbonyl (C=O) groups is 1. The summed E-state index contributed by atoms with van der Waals surface area (Å²) in [6.07, 6.45) is 0. The number of hydrogen-bond donors (Lipinski definition) is 2. The van der Waals surface area contributed by atoms with Crippen molar-refractivity contribution in [1.82, 2.24) is 9.97 Å². The van der Waals surface area contributed by atoms with Crippen LogP contribution < -0.4 is 0 Å². The van der Waals surface area contributed by atoms with E-state index < -0.39 is 5.97 Å². The maximum Gasteiger partial charge on any atom is 0.337 e. The maximum atomic E-state index is 10.9. The molecule has 15 heavy (non-hydrogen) atoms. The Balaban J connectivity index is 2.70. The number of aromatic nitrogens is 2. The quantitative estimate of drug-likeness (QED) is 0.789. The van der Waals surface area contributed by atoms with Gasteiger partial charge in [0.25, 0.3) is 0 Å². The second-order valence-corrected chi connectivity index (χ2v) is 3.78. The van der Waals surface area contributed by atoms with Crippen LogP contribution in [0.3, 0.4) is 0 Å². The lowest BCUT2D eigenvalue weighted by Crippen LogP contribution is -1.97. The highest BCUT2D eigenvalue weighted by Crippen LogP contribution is 2.20. The van der Waals surface area contributed by atoms with E-state index in [0.29, 0.717) is 5.52 Å². The predicted molar refractivity (Wildman–Crippen MR) is 57.1 cm³/mol. The van der Waals surface area contributed by atoms with Crippen LogP contribution in [-0.4, -0.2) is 21.0 Å². The van der Waals surface area contributed by atoms with E-state index in [-0.39, 0.29) is 11.5 Å². The van der Waals surface area contributed by atoms with Gasteiger partial charge in [0.05, 0.1) is 11.1 Å². The van der Waals surface area contributed by atoms with E-state index in [0.717, 1.165) is 11.3 Å². The lowest BCUT2D eigenvalue weighted by atomic mass is 10.2. The van der Waals surface area contributed by atoms with Crippen molar-refractivity contribution in [3.63, 3.8) is 0 Å². The topological polar surface area (TPSA) is 66.0 Å². The summed E-state index contributed by atoms with van der Waals surface area (Å²) in [7, 11) is 0. The van der Waals surface area contributed by atoms with Gasteiger partial charge < -0.3 is 10.1 Å². The molecule has 2 rings (SSSR count). The van der Waals surface area contributed by atoms with Crippen molar-refractivity contribution in [2.75, 3.05) is 0 Å². The van der Waals surface area contributed by atoms with Gasteiger partial charge >= 0.3 is 5.97 Å². The molecule has 0 unspecified atom stereocenters. The van der Waals surface area contributed by atoms with Crippen molar-refractivity contribution in [1.29, 1.82) is 0 Å². The Morgan fingerprint density at radius 1 is 1.47 bits per heavy atom. The summed E-state index contributed by atoms with van der Waals surface area (Å²) in [5.74, 6) is 0.139. The molecule has 4 nitrogen and oxygen atoms in total. The average molecular weight is 204 g/mol. The Morgan fingerprint density at radius 2 is 2.20 bits per heavy atom. The highest BCUT2D eigenvalue weighted by molar-refractivity contribution is 6.00. The van der Waals surface area contributed by atoms with Gasteiger partial charge in [0.1, 0.15) is 11.3 Å². The van der Waals surface area contributed by atoms with Crippen LogP contribution in [0, 0.1) is 0 Å². The molecule has 1 aromatic heterocycles. The molecule has 0 aliphatic rings. The number of imidazole rings is 1. The van der Waals surface area contributed by atoms with Crippen LogP contribution in [0.5, 0.6) is 0 Å². The fourth-order valence-corrected chi connectivity index (χ4v) is 1.50. The molecule has 78 valence electrons. The van der Waals surface area contributed by atoms with Gasteiger partial charge in [-0.05, 0) is 12.1 Å². The van der Waals surface area contributed by atoms with Crippen LogP contribution in [0.2, 0.25) is 0 Å². The van der Waals surface area contributed by atoms with Gasteiger partial charge in [-0.1, -0.05) is 19.9 Å². The first-order valence-electron chi connectivity index (χ1n) is 4.81. The molecule has 0 saturated heterocycles. The number of aromatic carboxylic acids is 1. The summed E-state index contributed by atoms with van der Waals surface area (Å²) >= 11 is 0. The van der Waals surface area contributed by atoms with E-state index >= 15 is 0 Å². The van der Waals surface area contributed by atoms with Gasteiger partial charge in [0.2, 0.25) is 0 Å². The van der Waals surface area contributed by atoms with E-state index in [1.54, 1.807) is 12.1 Å². The first kappa shape index (κ1) is 9.71. The van der Waals surface area contributed by atoms with Crippen LogP contribution in [0.25, 0.3) is 11.0 Å². The van der Waals surface area contributed by atoms with Gasteiger partial charge in [0, 0.05) is 5.92 Å². The molecule has 1 heterocycles. The van der Waals surface area contributed by atoms with Crippen molar-refractivity contribution in [2.45, 2.75) is 19.8 Å². The summed E-state index contributed by atoms with van der Waals surface area (Å²) < 4.78 is 0. The molecule has 0 spiro atoms. The molecule has 2 aromatic rings.